The van der Waals surface area contributed by atoms with Crippen LogP contribution in [0.15, 0.2) is 48.8 Å². The smallest absolute Gasteiger partial charge is 0.255 e. The van der Waals surface area contributed by atoms with Gasteiger partial charge in [-0.3, -0.25) is 4.79 Å². The first kappa shape index (κ1) is 19.5. The second-order valence-electron chi connectivity index (χ2n) is 8.58. The van der Waals surface area contributed by atoms with Gasteiger partial charge in [0.1, 0.15) is 11.9 Å². The molecule has 0 saturated heterocycles. The van der Waals surface area contributed by atoms with Crippen molar-refractivity contribution in [3.05, 3.63) is 65.5 Å². The highest BCUT2D eigenvalue weighted by Crippen LogP contribution is 2.34. The summed E-state index contributed by atoms with van der Waals surface area (Å²) in [7, 11) is 0. The van der Waals surface area contributed by atoms with Crippen molar-refractivity contribution in [2.45, 2.75) is 64.5 Å². The van der Waals surface area contributed by atoms with Crippen LogP contribution in [0.2, 0.25) is 0 Å². The number of rotatable bonds is 6. The number of carbonyl (C=O) groups excluding carboxylic acids is 1. The molecular weight excluding hydrogens is 362 g/mol. The number of nitrogens with one attached hydrogen (secondary N) is 1. The number of pyridine rings is 1. The molecule has 3 aromatic rings. The molecule has 1 aliphatic carbocycles. The topological polar surface area (TPSA) is 55.6 Å². The van der Waals surface area contributed by atoms with E-state index in [1.807, 2.05) is 24.4 Å². The van der Waals surface area contributed by atoms with Crippen LogP contribution < -0.4 is 10.1 Å². The molecule has 1 amide bonds. The lowest BCUT2D eigenvalue weighted by Crippen LogP contribution is -2.49. The normalized spacial score (nSPS) is 18.8. The van der Waals surface area contributed by atoms with Crippen molar-refractivity contribution in [1.82, 2.24) is 14.9 Å². The summed E-state index contributed by atoms with van der Waals surface area (Å²) in [5.41, 5.74) is 4.04. The zero-order chi connectivity index (χ0) is 20.5. The Morgan fingerprint density at radius 2 is 1.93 bits per heavy atom. The van der Waals surface area contributed by atoms with Crippen LogP contribution in [0.1, 0.15) is 73.9 Å². The Balaban J connectivity index is 1.36. The third kappa shape index (κ3) is 4.00. The first-order valence-electron chi connectivity index (χ1n) is 10.5. The van der Waals surface area contributed by atoms with E-state index in [4.69, 9.17) is 4.74 Å². The Labute approximate surface area is 172 Å². The summed E-state index contributed by atoms with van der Waals surface area (Å²) >= 11 is 0. The molecule has 0 spiro atoms. The number of carbonyl (C=O) groups is 1. The van der Waals surface area contributed by atoms with Gasteiger partial charge in [-0.25, -0.2) is 4.52 Å². The van der Waals surface area contributed by atoms with Crippen molar-refractivity contribution >= 4 is 11.4 Å². The van der Waals surface area contributed by atoms with Crippen LogP contribution in [-0.4, -0.2) is 27.7 Å². The van der Waals surface area contributed by atoms with Gasteiger partial charge in [-0.1, -0.05) is 45.9 Å². The third-order valence-electron chi connectivity index (χ3n) is 5.72. The Bertz CT molecular complexity index is 1020. The van der Waals surface area contributed by atoms with E-state index >= 15 is 0 Å². The fraction of sp³-hybridized carbons (Fsp3) is 0.417. The van der Waals surface area contributed by atoms with Crippen LogP contribution in [0, 0.1) is 0 Å². The molecular formula is C24H29N3O2. The predicted molar refractivity (Wildman–Crippen MR) is 115 cm³/mol. The van der Waals surface area contributed by atoms with Crippen molar-refractivity contribution in [3.63, 3.8) is 0 Å². The highest BCUT2D eigenvalue weighted by atomic mass is 16.5. The average Bonchev–Trinajstić information content (AvgIpc) is 3.10. The Morgan fingerprint density at radius 3 is 2.66 bits per heavy atom. The number of fused-ring (bicyclic) bond motifs is 1. The zero-order valence-electron chi connectivity index (χ0n) is 17.6. The molecule has 2 aromatic heterocycles. The second kappa shape index (κ2) is 7.90. The molecule has 5 nitrogen and oxygen atoms in total. The number of ether oxygens (including phenoxy) is 1. The van der Waals surface area contributed by atoms with Crippen LogP contribution in [0.5, 0.6) is 5.75 Å². The summed E-state index contributed by atoms with van der Waals surface area (Å²) in [4.78, 5) is 12.6. The van der Waals surface area contributed by atoms with E-state index in [1.165, 1.54) is 11.1 Å². The SMILES string of the molecule is CC(C)c1ccc(OC2CC(NC(=O)c3cnn4ccccc34)C2)c(C(C)C)c1. The number of benzene rings is 1. The van der Waals surface area contributed by atoms with Gasteiger partial charge in [-0.2, -0.15) is 5.10 Å². The molecule has 1 aliphatic rings. The highest BCUT2D eigenvalue weighted by Gasteiger charge is 2.33. The van der Waals surface area contributed by atoms with Crippen LogP contribution in [0.3, 0.4) is 0 Å². The maximum absolute atomic E-state index is 12.6. The van der Waals surface area contributed by atoms with Gasteiger partial charge >= 0.3 is 0 Å². The summed E-state index contributed by atoms with van der Waals surface area (Å²) < 4.78 is 8.00. The van der Waals surface area contributed by atoms with Gasteiger partial charge in [0.2, 0.25) is 0 Å². The summed E-state index contributed by atoms with van der Waals surface area (Å²) in [5, 5.41) is 7.35. The van der Waals surface area contributed by atoms with E-state index in [-0.39, 0.29) is 18.1 Å². The molecule has 1 fully saturated rings. The molecule has 152 valence electrons. The Kier molecular flexibility index (Phi) is 5.31. The lowest BCUT2D eigenvalue weighted by Gasteiger charge is -2.36. The van der Waals surface area contributed by atoms with Gasteiger partial charge in [-0.05, 0) is 41.2 Å². The Morgan fingerprint density at radius 1 is 1.14 bits per heavy atom. The summed E-state index contributed by atoms with van der Waals surface area (Å²) in [6, 6.07) is 12.4. The van der Waals surface area contributed by atoms with Gasteiger partial charge in [0.15, 0.2) is 0 Å². The fourth-order valence-electron chi connectivity index (χ4n) is 3.82. The number of hydrogen-bond acceptors (Lipinski definition) is 3. The molecule has 0 unspecified atom stereocenters. The van der Waals surface area contributed by atoms with Gasteiger partial charge in [0.25, 0.3) is 5.91 Å². The van der Waals surface area contributed by atoms with Gasteiger partial charge in [0, 0.05) is 25.1 Å². The van der Waals surface area contributed by atoms with Gasteiger partial charge in [-0.15, -0.1) is 0 Å². The summed E-state index contributed by atoms with van der Waals surface area (Å²) in [5.74, 6) is 1.82. The van der Waals surface area contributed by atoms with Crippen molar-refractivity contribution in [1.29, 1.82) is 0 Å². The van der Waals surface area contributed by atoms with E-state index in [0.29, 0.717) is 17.4 Å². The lowest BCUT2D eigenvalue weighted by molar-refractivity contribution is 0.0696. The van der Waals surface area contributed by atoms with E-state index in [9.17, 15) is 4.79 Å². The number of nitrogens with zero attached hydrogens (tertiary/aromatic N) is 2. The quantitative estimate of drug-likeness (QED) is 0.649. The number of aromatic nitrogens is 2. The maximum atomic E-state index is 12.6. The summed E-state index contributed by atoms with van der Waals surface area (Å²) in [6.07, 6.45) is 5.27. The molecule has 0 aliphatic heterocycles. The number of amides is 1. The monoisotopic (exact) mass is 391 g/mol. The molecule has 1 saturated carbocycles. The standard InChI is InChI=1S/C24H29N3O2/c1-15(2)17-8-9-23(20(11-17)16(3)4)29-19-12-18(13-19)26-24(28)21-14-25-27-10-6-5-7-22(21)27/h5-11,14-16,18-19H,12-13H2,1-4H3,(H,26,28). The maximum Gasteiger partial charge on any atom is 0.255 e. The average molecular weight is 392 g/mol. The van der Waals surface area contributed by atoms with Crippen LogP contribution in [-0.2, 0) is 0 Å². The predicted octanol–water partition coefficient (Wildman–Crippen LogP) is 4.92. The van der Waals surface area contributed by atoms with Crippen molar-refractivity contribution in [3.8, 4) is 5.75 Å². The fourth-order valence-corrected chi connectivity index (χ4v) is 3.82. The zero-order valence-corrected chi connectivity index (χ0v) is 17.6. The molecule has 5 heteroatoms. The molecule has 0 bridgehead atoms. The van der Waals surface area contributed by atoms with Gasteiger partial charge in [0.05, 0.1) is 17.3 Å². The van der Waals surface area contributed by atoms with Crippen LogP contribution >= 0.6 is 0 Å². The molecule has 1 N–H and O–H groups in total. The minimum Gasteiger partial charge on any atom is -0.490 e. The van der Waals surface area contributed by atoms with Crippen molar-refractivity contribution < 1.29 is 9.53 Å². The largest absolute Gasteiger partial charge is 0.490 e. The molecule has 1 aromatic carbocycles. The third-order valence-corrected chi connectivity index (χ3v) is 5.72. The van der Waals surface area contributed by atoms with Crippen LogP contribution in [0.4, 0.5) is 0 Å². The Hall–Kier alpha value is -2.82. The molecule has 4 rings (SSSR count). The van der Waals surface area contributed by atoms with E-state index in [0.717, 1.165) is 24.1 Å². The second-order valence-corrected chi connectivity index (χ2v) is 8.58. The first-order valence-corrected chi connectivity index (χ1v) is 10.5. The van der Waals surface area contributed by atoms with E-state index in [2.05, 4.69) is 56.3 Å². The van der Waals surface area contributed by atoms with E-state index < -0.39 is 0 Å². The lowest BCUT2D eigenvalue weighted by atomic mass is 9.88. The summed E-state index contributed by atoms with van der Waals surface area (Å²) in [6.45, 7) is 8.82. The van der Waals surface area contributed by atoms with Crippen molar-refractivity contribution in [2.75, 3.05) is 0 Å². The van der Waals surface area contributed by atoms with Gasteiger partial charge < -0.3 is 10.1 Å². The highest BCUT2D eigenvalue weighted by molar-refractivity contribution is 6.00. The molecule has 0 atom stereocenters. The minimum absolute atomic E-state index is 0.0706. The minimum atomic E-state index is -0.0706. The van der Waals surface area contributed by atoms with E-state index in [1.54, 1.807) is 10.7 Å². The molecule has 0 radical (unpaired) electrons. The van der Waals surface area contributed by atoms with Crippen molar-refractivity contribution in [2.24, 2.45) is 0 Å². The molecule has 29 heavy (non-hydrogen) atoms. The number of hydrogen-bond donors (Lipinski definition) is 1. The first-order chi connectivity index (χ1) is 13.9. The molecule has 2 heterocycles. The van der Waals surface area contributed by atoms with Crippen LogP contribution in [0.25, 0.3) is 5.52 Å².